The van der Waals surface area contributed by atoms with Crippen LogP contribution in [-0.4, -0.2) is 18.2 Å². The number of carbonyl (C=O) groups is 1. The van der Waals surface area contributed by atoms with E-state index in [0.717, 1.165) is 12.1 Å². The standard InChI is InChI=1S/C22H17F5O4S/c1-30-14-5-3-13(4-6-14)16-11-32-21(22(25,26)27)15(16)10-31-20-17(23)8-12(9-18(20)24)2-7-19(28)29/h3-6,8-9,11H,2,7,10H2,1H3,(H,28,29). The molecule has 1 N–H and O–H groups in total. The second kappa shape index (κ2) is 9.56. The van der Waals surface area contributed by atoms with Gasteiger partial charge >= 0.3 is 12.1 Å². The number of benzene rings is 2. The Morgan fingerprint density at radius 1 is 1.09 bits per heavy atom. The summed E-state index contributed by atoms with van der Waals surface area (Å²) >= 11 is 0.464. The van der Waals surface area contributed by atoms with Gasteiger partial charge in [-0.15, -0.1) is 11.3 Å². The number of thiophene rings is 1. The molecule has 0 saturated carbocycles. The predicted molar refractivity (Wildman–Crippen MR) is 108 cm³/mol. The average Bonchev–Trinajstić information content (AvgIpc) is 3.16. The number of carboxylic acid groups (broad SMARTS) is 1. The van der Waals surface area contributed by atoms with Crippen LogP contribution >= 0.6 is 11.3 Å². The van der Waals surface area contributed by atoms with E-state index >= 15 is 0 Å². The summed E-state index contributed by atoms with van der Waals surface area (Å²) in [6.07, 6.45) is -5.10. The van der Waals surface area contributed by atoms with Gasteiger partial charge in [0.05, 0.1) is 7.11 Å². The number of alkyl halides is 3. The minimum atomic E-state index is -4.67. The van der Waals surface area contributed by atoms with Crippen molar-refractivity contribution < 1.29 is 41.3 Å². The summed E-state index contributed by atoms with van der Waals surface area (Å²) in [5, 5.41) is 10.00. The molecule has 0 atom stereocenters. The SMILES string of the molecule is COc1ccc(-c2csc(C(F)(F)F)c2COc2c(F)cc(CCC(=O)O)cc2F)cc1. The van der Waals surface area contributed by atoms with E-state index in [2.05, 4.69) is 0 Å². The molecule has 0 spiro atoms. The van der Waals surface area contributed by atoms with Crippen LogP contribution in [0, 0.1) is 11.6 Å². The fourth-order valence-corrected chi connectivity index (χ4v) is 4.03. The van der Waals surface area contributed by atoms with Crippen LogP contribution < -0.4 is 9.47 Å². The Labute approximate surface area is 183 Å². The van der Waals surface area contributed by atoms with Crippen molar-refractivity contribution >= 4 is 17.3 Å². The summed E-state index contributed by atoms with van der Waals surface area (Å²) in [6, 6.07) is 8.13. The zero-order valence-electron chi connectivity index (χ0n) is 16.6. The molecule has 10 heteroatoms. The van der Waals surface area contributed by atoms with Crippen LogP contribution in [0.2, 0.25) is 0 Å². The van der Waals surface area contributed by atoms with Gasteiger partial charge in [0, 0.05) is 12.0 Å². The molecule has 2 aromatic carbocycles. The molecule has 0 unspecified atom stereocenters. The van der Waals surface area contributed by atoms with Crippen LogP contribution in [0.25, 0.3) is 11.1 Å². The van der Waals surface area contributed by atoms with Gasteiger partial charge in [-0.2, -0.15) is 13.2 Å². The van der Waals surface area contributed by atoms with Crippen molar-refractivity contribution in [2.45, 2.75) is 25.6 Å². The van der Waals surface area contributed by atoms with Crippen molar-refractivity contribution in [3.8, 4) is 22.6 Å². The lowest BCUT2D eigenvalue weighted by atomic mass is 10.0. The molecule has 4 nitrogen and oxygen atoms in total. The minimum absolute atomic E-state index is 0.0974. The first kappa shape index (κ1) is 23.5. The minimum Gasteiger partial charge on any atom is -0.497 e. The first-order valence-corrected chi connectivity index (χ1v) is 10.1. The number of hydrogen-bond donors (Lipinski definition) is 1. The van der Waals surface area contributed by atoms with Gasteiger partial charge in [0.15, 0.2) is 17.4 Å². The molecule has 0 fully saturated rings. The van der Waals surface area contributed by atoms with E-state index in [1.807, 2.05) is 0 Å². The Morgan fingerprint density at radius 2 is 1.72 bits per heavy atom. The van der Waals surface area contributed by atoms with E-state index in [1.165, 1.54) is 12.5 Å². The van der Waals surface area contributed by atoms with E-state index in [0.29, 0.717) is 22.6 Å². The van der Waals surface area contributed by atoms with Crippen LogP contribution in [0.4, 0.5) is 22.0 Å². The quantitative estimate of drug-likeness (QED) is 0.390. The lowest BCUT2D eigenvalue weighted by Crippen LogP contribution is -2.09. The lowest BCUT2D eigenvalue weighted by molar-refractivity contribution is -0.137. The summed E-state index contributed by atoms with van der Waals surface area (Å²) in [6.45, 7) is -0.720. The molecule has 32 heavy (non-hydrogen) atoms. The smallest absolute Gasteiger partial charge is 0.426 e. The topological polar surface area (TPSA) is 55.8 Å². The molecular formula is C22H17F5O4S. The highest BCUT2D eigenvalue weighted by Gasteiger charge is 2.37. The number of rotatable bonds is 8. The lowest BCUT2D eigenvalue weighted by Gasteiger charge is -2.14. The maximum absolute atomic E-state index is 14.4. The van der Waals surface area contributed by atoms with Gasteiger partial charge in [-0.25, -0.2) is 8.78 Å². The number of aryl methyl sites for hydroxylation is 1. The van der Waals surface area contributed by atoms with E-state index in [-0.39, 0.29) is 29.5 Å². The number of aliphatic carboxylic acids is 1. The second-order valence-electron chi connectivity index (χ2n) is 6.75. The molecule has 0 bridgehead atoms. The van der Waals surface area contributed by atoms with Crippen LogP contribution in [0.3, 0.4) is 0 Å². The summed E-state index contributed by atoms with van der Waals surface area (Å²) in [7, 11) is 1.46. The number of methoxy groups -OCH3 is 1. The molecule has 0 aliphatic carbocycles. The van der Waals surface area contributed by atoms with Crippen molar-refractivity contribution in [3.63, 3.8) is 0 Å². The number of carboxylic acids is 1. The highest BCUT2D eigenvalue weighted by Crippen LogP contribution is 2.42. The highest BCUT2D eigenvalue weighted by molar-refractivity contribution is 7.10. The number of hydrogen-bond acceptors (Lipinski definition) is 4. The highest BCUT2D eigenvalue weighted by atomic mass is 32.1. The van der Waals surface area contributed by atoms with Crippen molar-refractivity contribution in [3.05, 3.63) is 69.4 Å². The van der Waals surface area contributed by atoms with Crippen molar-refractivity contribution in [1.29, 1.82) is 0 Å². The maximum atomic E-state index is 14.4. The third kappa shape index (κ3) is 5.37. The van der Waals surface area contributed by atoms with E-state index in [1.54, 1.807) is 24.3 Å². The van der Waals surface area contributed by atoms with Gasteiger partial charge in [-0.1, -0.05) is 12.1 Å². The van der Waals surface area contributed by atoms with Gasteiger partial charge in [0.1, 0.15) is 17.2 Å². The van der Waals surface area contributed by atoms with Crippen molar-refractivity contribution in [1.82, 2.24) is 0 Å². The fourth-order valence-electron chi connectivity index (χ4n) is 3.07. The molecule has 1 aromatic heterocycles. The van der Waals surface area contributed by atoms with Gasteiger partial charge in [0.2, 0.25) is 0 Å². The first-order valence-electron chi connectivity index (χ1n) is 9.24. The number of halogens is 5. The van der Waals surface area contributed by atoms with Crippen molar-refractivity contribution in [2.75, 3.05) is 7.11 Å². The monoisotopic (exact) mass is 472 g/mol. The largest absolute Gasteiger partial charge is 0.497 e. The summed E-state index contributed by atoms with van der Waals surface area (Å²) < 4.78 is 79.5. The molecule has 1 heterocycles. The zero-order valence-corrected chi connectivity index (χ0v) is 17.4. The summed E-state index contributed by atoms with van der Waals surface area (Å²) in [5.41, 5.74) is 0.534. The third-order valence-electron chi connectivity index (χ3n) is 4.60. The Bertz CT molecular complexity index is 1080. The van der Waals surface area contributed by atoms with Gasteiger partial charge in [-0.05, 0) is 52.8 Å². The van der Waals surface area contributed by atoms with E-state index < -0.39 is 41.0 Å². The molecule has 0 radical (unpaired) electrons. The average molecular weight is 472 g/mol. The van der Waals surface area contributed by atoms with Gasteiger partial charge < -0.3 is 14.6 Å². The van der Waals surface area contributed by atoms with E-state index in [9.17, 15) is 26.7 Å². The van der Waals surface area contributed by atoms with Gasteiger partial charge in [-0.3, -0.25) is 4.79 Å². The molecule has 0 aliphatic rings. The molecule has 3 aromatic rings. The van der Waals surface area contributed by atoms with Gasteiger partial charge in [0.25, 0.3) is 0 Å². The molecule has 0 amide bonds. The summed E-state index contributed by atoms with van der Waals surface area (Å²) in [4.78, 5) is 9.70. The maximum Gasteiger partial charge on any atom is 0.426 e. The van der Waals surface area contributed by atoms with E-state index in [4.69, 9.17) is 14.6 Å². The first-order chi connectivity index (χ1) is 15.1. The Kier molecular flexibility index (Phi) is 7.02. The Balaban J connectivity index is 1.91. The molecule has 0 aliphatic heterocycles. The second-order valence-corrected chi connectivity index (χ2v) is 7.63. The molecule has 0 saturated heterocycles. The van der Waals surface area contributed by atoms with Crippen molar-refractivity contribution in [2.24, 2.45) is 0 Å². The molecule has 170 valence electrons. The fraction of sp³-hybridized carbons (Fsp3) is 0.227. The van der Waals surface area contributed by atoms with Crippen LogP contribution in [-0.2, 0) is 24.0 Å². The zero-order chi connectivity index (χ0) is 23.5. The number of ether oxygens (including phenoxy) is 2. The predicted octanol–water partition coefficient (Wildman–Crippen LogP) is 6.32. The molecular weight excluding hydrogens is 455 g/mol. The Hall–Kier alpha value is -3.14. The Morgan fingerprint density at radius 3 is 2.25 bits per heavy atom. The molecule has 3 rings (SSSR count). The van der Waals surface area contributed by atoms with Crippen LogP contribution in [0.15, 0.2) is 41.8 Å². The van der Waals surface area contributed by atoms with Crippen LogP contribution in [0.5, 0.6) is 11.5 Å². The van der Waals surface area contributed by atoms with Crippen LogP contribution in [0.1, 0.15) is 22.4 Å². The third-order valence-corrected chi connectivity index (χ3v) is 5.67. The normalized spacial score (nSPS) is 11.4. The summed E-state index contributed by atoms with van der Waals surface area (Å²) in [5.74, 6) is -3.69.